The molecule has 0 saturated heterocycles. The first-order valence-corrected chi connectivity index (χ1v) is 8.31. The molecular formula is C18H30N2O. The van der Waals surface area contributed by atoms with Crippen LogP contribution in [0.25, 0.3) is 0 Å². The van der Waals surface area contributed by atoms with Crippen LogP contribution in [0.5, 0.6) is 5.75 Å². The molecule has 0 spiro atoms. The first kappa shape index (κ1) is 16.3. The molecule has 1 aromatic rings. The Balaban J connectivity index is 2.24. The number of hydrogen-bond acceptors (Lipinski definition) is 3. The van der Waals surface area contributed by atoms with Gasteiger partial charge in [-0.25, -0.2) is 0 Å². The summed E-state index contributed by atoms with van der Waals surface area (Å²) in [7, 11) is 0. The normalized spacial score (nSPS) is 21.7. The zero-order chi connectivity index (χ0) is 15.4. The average Bonchev–Trinajstić information content (AvgIpc) is 2.48. The molecule has 1 aliphatic rings. The second kappa shape index (κ2) is 7.28. The van der Waals surface area contributed by atoms with Gasteiger partial charge in [-0.3, -0.25) is 4.90 Å². The van der Waals surface area contributed by atoms with Gasteiger partial charge in [-0.05, 0) is 24.8 Å². The van der Waals surface area contributed by atoms with Crippen molar-refractivity contribution in [2.24, 2.45) is 11.7 Å². The van der Waals surface area contributed by atoms with E-state index in [1.165, 1.54) is 0 Å². The van der Waals surface area contributed by atoms with Gasteiger partial charge in [0.15, 0.2) is 0 Å². The first-order valence-electron chi connectivity index (χ1n) is 8.31. The van der Waals surface area contributed by atoms with Crippen molar-refractivity contribution < 1.29 is 4.74 Å². The third-order valence-corrected chi connectivity index (χ3v) is 4.52. The molecule has 2 N–H and O–H groups in total. The molecule has 21 heavy (non-hydrogen) atoms. The second-order valence-electron chi connectivity index (χ2n) is 6.50. The van der Waals surface area contributed by atoms with E-state index >= 15 is 0 Å². The van der Waals surface area contributed by atoms with E-state index in [1.54, 1.807) is 0 Å². The molecule has 118 valence electrons. The molecule has 0 amide bonds. The van der Waals surface area contributed by atoms with Gasteiger partial charge in [0.2, 0.25) is 0 Å². The van der Waals surface area contributed by atoms with Crippen LogP contribution < -0.4 is 10.5 Å². The van der Waals surface area contributed by atoms with Gasteiger partial charge in [-0.1, -0.05) is 45.9 Å². The Labute approximate surface area is 129 Å². The Bertz CT molecular complexity index is 443. The van der Waals surface area contributed by atoms with E-state index in [-0.39, 0.29) is 12.1 Å². The summed E-state index contributed by atoms with van der Waals surface area (Å²) in [5.74, 6) is 1.59. The van der Waals surface area contributed by atoms with Crippen LogP contribution in [0, 0.1) is 5.92 Å². The average molecular weight is 290 g/mol. The summed E-state index contributed by atoms with van der Waals surface area (Å²) in [5, 5.41) is 0. The standard InChI is InChI=1S/C18H30N2O/c1-5-14(6-2)20(11-13(3)4)16-12-21-17-10-8-7-9-15(17)18(16)19/h7-10,13-14,16,18H,5-6,11-12,19H2,1-4H3. The van der Waals surface area contributed by atoms with Crippen molar-refractivity contribution in [1.29, 1.82) is 0 Å². The summed E-state index contributed by atoms with van der Waals surface area (Å²) in [6.07, 6.45) is 2.32. The van der Waals surface area contributed by atoms with Crippen molar-refractivity contribution in [3.8, 4) is 5.75 Å². The molecule has 0 bridgehead atoms. The van der Waals surface area contributed by atoms with Crippen LogP contribution in [0.15, 0.2) is 24.3 Å². The number of hydrogen-bond donors (Lipinski definition) is 1. The van der Waals surface area contributed by atoms with E-state index in [4.69, 9.17) is 10.5 Å². The molecule has 2 unspecified atom stereocenters. The largest absolute Gasteiger partial charge is 0.492 e. The lowest BCUT2D eigenvalue weighted by atomic mass is 9.93. The van der Waals surface area contributed by atoms with E-state index in [9.17, 15) is 0 Å². The van der Waals surface area contributed by atoms with E-state index in [0.29, 0.717) is 18.6 Å². The summed E-state index contributed by atoms with van der Waals surface area (Å²) >= 11 is 0. The number of nitrogens with zero attached hydrogens (tertiary/aromatic N) is 1. The Morgan fingerprint density at radius 3 is 2.52 bits per heavy atom. The van der Waals surface area contributed by atoms with Crippen molar-refractivity contribution >= 4 is 0 Å². The summed E-state index contributed by atoms with van der Waals surface area (Å²) in [6, 6.07) is 9.08. The predicted molar refractivity (Wildman–Crippen MR) is 88.6 cm³/mol. The van der Waals surface area contributed by atoms with Crippen molar-refractivity contribution in [3.05, 3.63) is 29.8 Å². The van der Waals surface area contributed by atoms with Gasteiger partial charge in [0.25, 0.3) is 0 Å². The van der Waals surface area contributed by atoms with Crippen molar-refractivity contribution in [2.75, 3.05) is 13.2 Å². The summed E-state index contributed by atoms with van der Waals surface area (Å²) in [4.78, 5) is 2.59. The van der Waals surface area contributed by atoms with Crippen molar-refractivity contribution in [2.45, 2.75) is 58.7 Å². The number of rotatable bonds is 6. The minimum atomic E-state index is 0.0364. The summed E-state index contributed by atoms with van der Waals surface area (Å²) < 4.78 is 5.99. The minimum Gasteiger partial charge on any atom is -0.492 e. The molecule has 2 rings (SSSR count). The number of ether oxygens (including phenoxy) is 1. The maximum atomic E-state index is 6.59. The van der Waals surface area contributed by atoms with Gasteiger partial charge < -0.3 is 10.5 Å². The summed E-state index contributed by atoms with van der Waals surface area (Å²) in [5.41, 5.74) is 7.74. The highest BCUT2D eigenvalue weighted by molar-refractivity contribution is 5.38. The molecule has 0 aromatic heterocycles. The topological polar surface area (TPSA) is 38.5 Å². The maximum Gasteiger partial charge on any atom is 0.124 e. The van der Waals surface area contributed by atoms with E-state index in [1.807, 2.05) is 18.2 Å². The fourth-order valence-corrected chi connectivity index (χ4v) is 3.41. The number of fused-ring (bicyclic) bond motifs is 1. The molecule has 0 aliphatic carbocycles. The van der Waals surface area contributed by atoms with Gasteiger partial charge in [-0.15, -0.1) is 0 Å². The molecule has 1 heterocycles. The van der Waals surface area contributed by atoms with Crippen LogP contribution in [0.2, 0.25) is 0 Å². The SMILES string of the molecule is CCC(CC)N(CC(C)C)C1COc2ccccc2C1N. The van der Waals surface area contributed by atoms with E-state index < -0.39 is 0 Å². The van der Waals surface area contributed by atoms with E-state index in [0.717, 1.165) is 30.7 Å². The molecule has 3 nitrogen and oxygen atoms in total. The van der Waals surface area contributed by atoms with Crippen LogP contribution in [-0.4, -0.2) is 30.1 Å². The second-order valence-corrected chi connectivity index (χ2v) is 6.50. The predicted octanol–water partition coefficient (Wildman–Crippen LogP) is 3.59. The van der Waals surface area contributed by atoms with Crippen LogP contribution in [0.4, 0.5) is 0 Å². The fourth-order valence-electron chi connectivity index (χ4n) is 3.41. The Hall–Kier alpha value is -1.06. The van der Waals surface area contributed by atoms with Gasteiger partial charge in [-0.2, -0.15) is 0 Å². The number of para-hydroxylation sites is 1. The molecule has 3 heteroatoms. The Morgan fingerprint density at radius 1 is 1.24 bits per heavy atom. The van der Waals surface area contributed by atoms with Crippen LogP contribution >= 0.6 is 0 Å². The van der Waals surface area contributed by atoms with Gasteiger partial charge in [0.05, 0.1) is 12.1 Å². The third-order valence-electron chi connectivity index (χ3n) is 4.52. The van der Waals surface area contributed by atoms with Gasteiger partial charge in [0.1, 0.15) is 12.4 Å². The quantitative estimate of drug-likeness (QED) is 0.870. The molecule has 2 atom stereocenters. The lowest BCUT2D eigenvalue weighted by Crippen LogP contribution is -2.53. The highest BCUT2D eigenvalue weighted by Gasteiger charge is 2.35. The lowest BCUT2D eigenvalue weighted by molar-refractivity contribution is 0.0481. The highest BCUT2D eigenvalue weighted by Crippen LogP contribution is 2.34. The third kappa shape index (κ3) is 3.58. The molecule has 0 saturated carbocycles. The highest BCUT2D eigenvalue weighted by atomic mass is 16.5. The van der Waals surface area contributed by atoms with Gasteiger partial charge in [0, 0.05) is 18.2 Å². The molecule has 1 aliphatic heterocycles. The smallest absolute Gasteiger partial charge is 0.124 e. The Morgan fingerprint density at radius 2 is 1.90 bits per heavy atom. The zero-order valence-corrected chi connectivity index (χ0v) is 13.9. The molecular weight excluding hydrogens is 260 g/mol. The molecule has 1 aromatic carbocycles. The molecule has 0 fully saturated rings. The number of nitrogens with two attached hydrogens (primary N) is 1. The first-order chi connectivity index (χ1) is 10.1. The lowest BCUT2D eigenvalue weighted by Gasteiger charge is -2.43. The van der Waals surface area contributed by atoms with Crippen molar-refractivity contribution in [3.63, 3.8) is 0 Å². The fraction of sp³-hybridized carbons (Fsp3) is 0.667. The van der Waals surface area contributed by atoms with Crippen LogP contribution in [0.3, 0.4) is 0 Å². The van der Waals surface area contributed by atoms with E-state index in [2.05, 4.69) is 38.7 Å². The summed E-state index contributed by atoms with van der Waals surface area (Å²) in [6.45, 7) is 10.9. The van der Waals surface area contributed by atoms with Gasteiger partial charge >= 0.3 is 0 Å². The maximum absolute atomic E-state index is 6.59. The molecule has 0 radical (unpaired) electrons. The monoisotopic (exact) mass is 290 g/mol. The van der Waals surface area contributed by atoms with Crippen molar-refractivity contribution in [1.82, 2.24) is 4.90 Å². The minimum absolute atomic E-state index is 0.0364. The van der Waals surface area contributed by atoms with Crippen LogP contribution in [-0.2, 0) is 0 Å². The zero-order valence-electron chi connectivity index (χ0n) is 13.9. The van der Waals surface area contributed by atoms with Crippen LogP contribution in [0.1, 0.15) is 52.1 Å². The Kier molecular flexibility index (Phi) is 5.65. The number of benzene rings is 1.